The molecule has 0 aromatic heterocycles. The van der Waals surface area contributed by atoms with Crippen LogP contribution in [-0.2, 0) is 9.47 Å². The van der Waals surface area contributed by atoms with Crippen LogP contribution in [0.4, 0.5) is 0 Å². The summed E-state index contributed by atoms with van der Waals surface area (Å²) in [5.41, 5.74) is 0. The maximum atomic E-state index is 5.51. The standard InChI is InChI=1S/C9H16N2O2S/c1-7-4-10-9(14-7)11-5-8-6-12-2-3-13-8/h7-8H,2-6H2,1H3,(H,10,11). The van der Waals surface area contributed by atoms with Crippen molar-refractivity contribution in [3.05, 3.63) is 0 Å². The van der Waals surface area contributed by atoms with Gasteiger partial charge >= 0.3 is 0 Å². The number of hydrogen-bond acceptors (Lipinski definition) is 5. The topological polar surface area (TPSA) is 42.9 Å². The number of thioether (sulfide) groups is 1. The minimum Gasteiger partial charge on any atom is -0.376 e. The second-order valence-electron chi connectivity index (χ2n) is 3.52. The van der Waals surface area contributed by atoms with E-state index in [4.69, 9.17) is 9.47 Å². The first kappa shape index (κ1) is 10.3. The molecule has 2 unspecified atom stereocenters. The molecule has 0 aromatic rings. The van der Waals surface area contributed by atoms with Crippen LogP contribution in [0, 0.1) is 0 Å². The maximum Gasteiger partial charge on any atom is 0.157 e. The fraction of sp³-hybridized carbons (Fsp3) is 0.889. The molecule has 5 heteroatoms. The summed E-state index contributed by atoms with van der Waals surface area (Å²) in [6.07, 6.45) is 0.183. The first-order chi connectivity index (χ1) is 6.84. The molecule has 0 bridgehead atoms. The normalized spacial score (nSPS) is 32.8. The van der Waals surface area contributed by atoms with Crippen LogP contribution in [0.15, 0.2) is 4.99 Å². The maximum absolute atomic E-state index is 5.51. The van der Waals surface area contributed by atoms with E-state index in [2.05, 4.69) is 17.2 Å². The molecule has 0 aromatic carbocycles. The average Bonchev–Trinajstić information content (AvgIpc) is 2.63. The van der Waals surface area contributed by atoms with E-state index in [-0.39, 0.29) is 6.10 Å². The largest absolute Gasteiger partial charge is 0.376 e. The Hall–Kier alpha value is -0.260. The van der Waals surface area contributed by atoms with Gasteiger partial charge in [-0.2, -0.15) is 0 Å². The van der Waals surface area contributed by atoms with E-state index in [0.717, 1.165) is 24.9 Å². The van der Waals surface area contributed by atoms with Crippen LogP contribution in [0.5, 0.6) is 0 Å². The summed E-state index contributed by atoms with van der Waals surface area (Å²) in [6, 6.07) is 0. The van der Waals surface area contributed by atoms with Crippen LogP contribution in [0.3, 0.4) is 0 Å². The van der Waals surface area contributed by atoms with Gasteiger partial charge < -0.3 is 14.8 Å². The third kappa shape index (κ3) is 2.87. The Morgan fingerprint density at radius 3 is 3.14 bits per heavy atom. The zero-order chi connectivity index (χ0) is 9.80. The van der Waals surface area contributed by atoms with E-state index in [0.29, 0.717) is 18.5 Å². The zero-order valence-corrected chi connectivity index (χ0v) is 9.18. The predicted molar refractivity (Wildman–Crippen MR) is 57.9 cm³/mol. The predicted octanol–water partition coefficient (Wildman–Crippen LogP) is 0.483. The van der Waals surface area contributed by atoms with Crippen molar-refractivity contribution in [2.75, 3.05) is 32.9 Å². The summed E-state index contributed by atoms with van der Waals surface area (Å²) in [5.74, 6) is 0. The Morgan fingerprint density at radius 1 is 1.57 bits per heavy atom. The highest BCUT2D eigenvalue weighted by Crippen LogP contribution is 2.18. The zero-order valence-electron chi connectivity index (χ0n) is 8.36. The van der Waals surface area contributed by atoms with Gasteiger partial charge in [0.2, 0.25) is 0 Å². The lowest BCUT2D eigenvalue weighted by Crippen LogP contribution is -2.38. The van der Waals surface area contributed by atoms with Gasteiger partial charge in [-0.3, -0.25) is 4.99 Å². The second-order valence-corrected chi connectivity index (χ2v) is 4.95. The molecule has 0 saturated carbocycles. The number of rotatable bonds is 2. The van der Waals surface area contributed by atoms with Crippen LogP contribution >= 0.6 is 11.8 Å². The molecule has 0 spiro atoms. The molecule has 0 aliphatic carbocycles. The SMILES string of the molecule is CC1CN=C(NCC2COCCO2)S1. The molecule has 2 atom stereocenters. The quantitative estimate of drug-likeness (QED) is 0.729. The van der Waals surface area contributed by atoms with Gasteiger partial charge in [0.15, 0.2) is 5.17 Å². The lowest BCUT2D eigenvalue weighted by molar-refractivity contribution is -0.0849. The molecular weight excluding hydrogens is 200 g/mol. The molecule has 0 radical (unpaired) electrons. The summed E-state index contributed by atoms with van der Waals surface area (Å²) in [7, 11) is 0. The fourth-order valence-electron chi connectivity index (χ4n) is 1.43. The number of nitrogens with zero attached hydrogens (tertiary/aromatic N) is 1. The van der Waals surface area contributed by atoms with Crippen molar-refractivity contribution in [3.63, 3.8) is 0 Å². The van der Waals surface area contributed by atoms with Crippen molar-refractivity contribution in [2.24, 2.45) is 4.99 Å². The van der Waals surface area contributed by atoms with Gasteiger partial charge in [-0.25, -0.2) is 0 Å². The van der Waals surface area contributed by atoms with E-state index >= 15 is 0 Å². The summed E-state index contributed by atoms with van der Waals surface area (Å²) in [5, 5.41) is 4.95. The van der Waals surface area contributed by atoms with Gasteiger partial charge in [0.25, 0.3) is 0 Å². The highest BCUT2D eigenvalue weighted by Gasteiger charge is 2.18. The Balaban J connectivity index is 1.66. The number of amidine groups is 1. The fourth-order valence-corrected chi connectivity index (χ4v) is 2.28. The number of ether oxygens (including phenoxy) is 2. The van der Waals surface area contributed by atoms with E-state index in [1.807, 2.05) is 0 Å². The third-order valence-electron chi connectivity index (χ3n) is 2.17. The average molecular weight is 216 g/mol. The second kappa shape index (κ2) is 5.00. The van der Waals surface area contributed by atoms with Crippen molar-refractivity contribution < 1.29 is 9.47 Å². The first-order valence-corrected chi connectivity index (χ1v) is 5.87. The minimum atomic E-state index is 0.183. The van der Waals surface area contributed by atoms with Gasteiger partial charge in [-0.15, -0.1) is 0 Å². The molecule has 1 fully saturated rings. The van der Waals surface area contributed by atoms with Crippen LogP contribution < -0.4 is 5.32 Å². The van der Waals surface area contributed by atoms with Crippen LogP contribution in [0.1, 0.15) is 6.92 Å². The first-order valence-electron chi connectivity index (χ1n) is 4.99. The molecule has 80 valence electrons. The molecule has 2 aliphatic heterocycles. The number of aliphatic imine (C=N–C) groups is 1. The van der Waals surface area contributed by atoms with Gasteiger partial charge in [-0.1, -0.05) is 18.7 Å². The van der Waals surface area contributed by atoms with Crippen molar-refractivity contribution >= 4 is 16.9 Å². The Morgan fingerprint density at radius 2 is 2.50 bits per heavy atom. The smallest absolute Gasteiger partial charge is 0.157 e. The summed E-state index contributed by atoms with van der Waals surface area (Å²) in [4.78, 5) is 4.37. The summed E-state index contributed by atoms with van der Waals surface area (Å²) < 4.78 is 10.8. The lowest BCUT2D eigenvalue weighted by Gasteiger charge is -2.23. The highest BCUT2D eigenvalue weighted by molar-refractivity contribution is 8.14. The third-order valence-corrected chi connectivity index (χ3v) is 3.22. The number of hydrogen-bond donors (Lipinski definition) is 1. The molecule has 1 N–H and O–H groups in total. The molecule has 2 rings (SSSR count). The Bertz CT molecular complexity index is 217. The Labute approximate surface area is 88.4 Å². The Kier molecular flexibility index (Phi) is 3.67. The molecule has 2 aliphatic rings. The van der Waals surface area contributed by atoms with Crippen molar-refractivity contribution in [1.82, 2.24) is 5.32 Å². The summed E-state index contributed by atoms with van der Waals surface area (Å²) in [6.45, 7) is 6.04. The van der Waals surface area contributed by atoms with Gasteiger partial charge in [0, 0.05) is 11.8 Å². The summed E-state index contributed by atoms with van der Waals surface area (Å²) >= 11 is 1.80. The van der Waals surface area contributed by atoms with Crippen LogP contribution in [0.2, 0.25) is 0 Å². The van der Waals surface area contributed by atoms with Gasteiger partial charge in [-0.05, 0) is 0 Å². The molecule has 2 heterocycles. The monoisotopic (exact) mass is 216 g/mol. The van der Waals surface area contributed by atoms with Gasteiger partial charge in [0.1, 0.15) is 0 Å². The van der Waals surface area contributed by atoms with Crippen LogP contribution in [-0.4, -0.2) is 49.4 Å². The van der Waals surface area contributed by atoms with E-state index < -0.39 is 0 Å². The van der Waals surface area contributed by atoms with Crippen molar-refractivity contribution in [2.45, 2.75) is 18.3 Å². The van der Waals surface area contributed by atoms with Crippen LogP contribution in [0.25, 0.3) is 0 Å². The molecule has 0 amide bonds. The van der Waals surface area contributed by atoms with Gasteiger partial charge in [0.05, 0.1) is 32.5 Å². The lowest BCUT2D eigenvalue weighted by atomic mass is 10.3. The highest BCUT2D eigenvalue weighted by atomic mass is 32.2. The van der Waals surface area contributed by atoms with Crippen molar-refractivity contribution in [1.29, 1.82) is 0 Å². The molecular formula is C9H16N2O2S. The van der Waals surface area contributed by atoms with Crippen molar-refractivity contribution in [3.8, 4) is 0 Å². The molecule has 1 saturated heterocycles. The van der Waals surface area contributed by atoms with E-state index in [9.17, 15) is 0 Å². The minimum absolute atomic E-state index is 0.183. The van der Waals surface area contributed by atoms with E-state index in [1.54, 1.807) is 11.8 Å². The van der Waals surface area contributed by atoms with E-state index in [1.165, 1.54) is 0 Å². The molecule has 4 nitrogen and oxygen atoms in total. The number of nitrogens with one attached hydrogen (secondary N) is 1. The molecule has 14 heavy (non-hydrogen) atoms.